The molecule has 1 aliphatic heterocycles. The Morgan fingerprint density at radius 2 is 1.67 bits per heavy atom. The summed E-state index contributed by atoms with van der Waals surface area (Å²) < 4.78 is 38.1. The number of amides is 2. The topological polar surface area (TPSA) is 57.3 Å². The van der Waals surface area contributed by atoms with Crippen LogP contribution in [0.4, 0.5) is 18.0 Å². The second-order valence-electron chi connectivity index (χ2n) is 7.58. The van der Waals surface area contributed by atoms with Crippen molar-refractivity contribution in [2.75, 3.05) is 13.1 Å². The number of aromatic nitrogens is 1. The molecule has 2 fully saturated rings. The SMILES string of the molecule is O=C(NC1CCC(C(F)(F)F)CC1)NC1CCN(Cc2ccccn2)CC1. The van der Waals surface area contributed by atoms with Gasteiger partial charge in [-0.3, -0.25) is 9.88 Å². The first-order valence-corrected chi connectivity index (χ1v) is 9.66. The molecule has 3 rings (SSSR count). The smallest absolute Gasteiger partial charge is 0.335 e. The lowest BCUT2D eigenvalue weighted by Crippen LogP contribution is -2.50. The van der Waals surface area contributed by atoms with Crippen molar-refractivity contribution in [3.63, 3.8) is 0 Å². The van der Waals surface area contributed by atoms with Gasteiger partial charge in [0.15, 0.2) is 0 Å². The van der Waals surface area contributed by atoms with Gasteiger partial charge in [-0.25, -0.2) is 4.79 Å². The van der Waals surface area contributed by atoms with Gasteiger partial charge in [0, 0.05) is 37.9 Å². The summed E-state index contributed by atoms with van der Waals surface area (Å²) in [6.45, 7) is 2.58. The number of carbonyl (C=O) groups is 1. The zero-order valence-electron chi connectivity index (χ0n) is 15.3. The summed E-state index contributed by atoms with van der Waals surface area (Å²) in [5.41, 5.74) is 1.04. The van der Waals surface area contributed by atoms with Gasteiger partial charge in [-0.15, -0.1) is 0 Å². The lowest BCUT2D eigenvalue weighted by Gasteiger charge is -2.33. The molecule has 0 atom stereocenters. The number of pyridine rings is 1. The van der Waals surface area contributed by atoms with E-state index in [-0.39, 0.29) is 31.0 Å². The van der Waals surface area contributed by atoms with E-state index < -0.39 is 12.1 Å². The zero-order chi connectivity index (χ0) is 19.3. The van der Waals surface area contributed by atoms with Crippen molar-refractivity contribution >= 4 is 6.03 Å². The monoisotopic (exact) mass is 384 g/mol. The Hall–Kier alpha value is -1.83. The number of likely N-dealkylation sites (tertiary alicyclic amines) is 1. The first kappa shape index (κ1) is 19.9. The van der Waals surface area contributed by atoms with Gasteiger partial charge in [0.25, 0.3) is 0 Å². The average Bonchev–Trinajstić information content (AvgIpc) is 2.64. The Morgan fingerprint density at radius 3 is 2.22 bits per heavy atom. The molecular weight excluding hydrogens is 357 g/mol. The summed E-state index contributed by atoms with van der Waals surface area (Å²) in [7, 11) is 0. The number of hydrogen-bond acceptors (Lipinski definition) is 3. The van der Waals surface area contributed by atoms with E-state index in [1.165, 1.54) is 0 Å². The number of halogens is 3. The lowest BCUT2D eigenvalue weighted by molar-refractivity contribution is -0.182. The predicted octanol–water partition coefficient (Wildman–Crippen LogP) is 3.47. The van der Waals surface area contributed by atoms with E-state index in [4.69, 9.17) is 0 Å². The molecule has 1 saturated carbocycles. The quantitative estimate of drug-likeness (QED) is 0.836. The number of urea groups is 1. The van der Waals surface area contributed by atoms with Crippen LogP contribution in [0.15, 0.2) is 24.4 Å². The van der Waals surface area contributed by atoms with E-state index in [0.29, 0.717) is 12.8 Å². The van der Waals surface area contributed by atoms with Crippen LogP contribution in [0.1, 0.15) is 44.2 Å². The standard InChI is InChI=1S/C19H27F3N4O/c20-19(21,22)14-4-6-15(7-5-14)24-18(27)25-16-8-11-26(12-9-16)13-17-3-1-2-10-23-17/h1-3,10,14-16H,4-9,11-13H2,(H2,24,25,27). The van der Waals surface area contributed by atoms with Crippen LogP contribution in [0, 0.1) is 5.92 Å². The molecule has 8 heteroatoms. The third-order valence-corrected chi connectivity index (χ3v) is 5.56. The molecule has 2 N–H and O–H groups in total. The molecule has 27 heavy (non-hydrogen) atoms. The van der Waals surface area contributed by atoms with Crippen molar-refractivity contribution in [1.82, 2.24) is 20.5 Å². The lowest BCUT2D eigenvalue weighted by atomic mass is 9.85. The molecule has 5 nitrogen and oxygen atoms in total. The third-order valence-electron chi connectivity index (χ3n) is 5.56. The van der Waals surface area contributed by atoms with Crippen LogP contribution < -0.4 is 10.6 Å². The van der Waals surface area contributed by atoms with Gasteiger partial charge in [0.2, 0.25) is 0 Å². The number of hydrogen-bond donors (Lipinski definition) is 2. The van der Waals surface area contributed by atoms with Crippen LogP contribution in [0.25, 0.3) is 0 Å². The fourth-order valence-corrected chi connectivity index (χ4v) is 3.93. The van der Waals surface area contributed by atoms with E-state index in [1.807, 2.05) is 18.2 Å². The van der Waals surface area contributed by atoms with Gasteiger partial charge >= 0.3 is 12.2 Å². The largest absolute Gasteiger partial charge is 0.391 e. The van der Waals surface area contributed by atoms with Crippen molar-refractivity contribution in [3.05, 3.63) is 30.1 Å². The highest BCUT2D eigenvalue weighted by molar-refractivity contribution is 5.74. The van der Waals surface area contributed by atoms with E-state index in [9.17, 15) is 18.0 Å². The Balaban J connectivity index is 1.34. The van der Waals surface area contributed by atoms with Gasteiger partial charge in [-0.05, 0) is 50.7 Å². The summed E-state index contributed by atoms with van der Waals surface area (Å²) in [4.78, 5) is 18.8. The van der Waals surface area contributed by atoms with E-state index in [2.05, 4.69) is 20.5 Å². The molecule has 1 aromatic rings. The molecule has 1 saturated heterocycles. The van der Waals surface area contributed by atoms with Crippen molar-refractivity contribution in [2.24, 2.45) is 5.92 Å². The van der Waals surface area contributed by atoms with Crippen LogP contribution in [0.5, 0.6) is 0 Å². The minimum absolute atomic E-state index is 0.0976. The van der Waals surface area contributed by atoms with Crippen LogP contribution in [-0.4, -0.2) is 47.3 Å². The third kappa shape index (κ3) is 6.09. The summed E-state index contributed by atoms with van der Waals surface area (Å²) in [5, 5.41) is 5.83. The highest BCUT2D eigenvalue weighted by Gasteiger charge is 2.41. The number of piperidine rings is 1. The number of nitrogens with zero attached hydrogens (tertiary/aromatic N) is 2. The fourth-order valence-electron chi connectivity index (χ4n) is 3.93. The predicted molar refractivity (Wildman–Crippen MR) is 96.0 cm³/mol. The van der Waals surface area contributed by atoms with Gasteiger partial charge < -0.3 is 10.6 Å². The van der Waals surface area contributed by atoms with Gasteiger partial charge in [-0.1, -0.05) is 6.07 Å². The van der Waals surface area contributed by atoms with Crippen LogP contribution in [-0.2, 0) is 6.54 Å². The first-order chi connectivity index (χ1) is 12.9. The molecular formula is C19H27F3N4O. The number of nitrogens with one attached hydrogen (secondary N) is 2. The molecule has 0 bridgehead atoms. The molecule has 0 aromatic carbocycles. The minimum atomic E-state index is -4.11. The molecule has 150 valence electrons. The maximum absolute atomic E-state index is 12.7. The second kappa shape index (κ2) is 8.91. The molecule has 1 aliphatic carbocycles. The maximum Gasteiger partial charge on any atom is 0.391 e. The second-order valence-corrected chi connectivity index (χ2v) is 7.58. The minimum Gasteiger partial charge on any atom is -0.335 e. The fraction of sp³-hybridized carbons (Fsp3) is 0.684. The van der Waals surface area contributed by atoms with Crippen LogP contribution in [0.3, 0.4) is 0 Å². The van der Waals surface area contributed by atoms with Crippen LogP contribution >= 0.6 is 0 Å². The maximum atomic E-state index is 12.7. The van der Waals surface area contributed by atoms with E-state index in [1.54, 1.807) is 6.20 Å². The van der Waals surface area contributed by atoms with E-state index in [0.717, 1.165) is 38.2 Å². The zero-order valence-corrected chi connectivity index (χ0v) is 15.3. The number of rotatable bonds is 4. The number of carbonyl (C=O) groups excluding carboxylic acids is 1. The van der Waals surface area contributed by atoms with Gasteiger partial charge in [0.1, 0.15) is 0 Å². The molecule has 0 radical (unpaired) electrons. The molecule has 0 unspecified atom stereocenters. The van der Waals surface area contributed by atoms with Crippen molar-refractivity contribution in [1.29, 1.82) is 0 Å². The van der Waals surface area contributed by atoms with E-state index >= 15 is 0 Å². The van der Waals surface area contributed by atoms with Gasteiger partial charge in [-0.2, -0.15) is 13.2 Å². The summed E-state index contributed by atoms with van der Waals surface area (Å²) >= 11 is 0. The molecule has 2 amide bonds. The Bertz CT molecular complexity index is 595. The highest BCUT2D eigenvalue weighted by atomic mass is 19.4. The molecule has 2 heterocycles. The normalized spacial score (nSPS) is 25.1. The molecule has 1 aromatic heterocycles. The molecule has 0 spiro atoms. The summed E-state index contributed by atoms with van der Waals surface area (Å²) in [5.74, 6) is -1.22. The highest BCUT2D eigenvalue weighted by Crippen LogP contribution is 2.37. The average molecular weight is 384 g/mol. The van der Waals surface area contributed by atoms with Crippen molar-refractivity contribution in [2.45, 2.75) is 63.3 Å². The Labute approximate surface area is 157 Å². The Kier molecular flexibility index (Phi) is 6.57. The first-order valence-electron chi connectivity index (χ1n) is 9.66. The molecule has 2 aliphatic rings. The van der Waals surface area contributed by atoms with Crippen molar-refractivity contribution < 1.29 is 18.0 Å². The summed E-state index contributed by atoms with van der Waals surface area (Å²) in [6.07, 6.45) is 0.371. The Morgan fingerprint density at radius 1 is 1.04 bits per heavy atom. The van der Waals surface area contributed by atoms with Gasteiger partial charge in [0.05, 0.1) is 11.6 Å². The van der Waals surface area contributed by atoms with Crippen molar-refractivity contribution in [3.8, 4) is 0 Å². The summed E-state index contributed by atoms with van der Waals surface area (Å²) in [6, 6.07) is 5.57. The number of alkyl halides is 3. The van der Waals surface area contributed by atoms with Crippen LogP contribution in [0.2, 0.25) is 0 Å².